The molecule has 6 atom stereocenters. The van der Waals surface area contributed by atoms with Crippen LogP contribution in [0.3, 0.4) is 0 Å². The van der Waals surface area contributed by atoms with Crippen LogP contribution in [0.4, 0.5) is 0 Å². The van der Waals surface area contributed by atoms with Gasteiger partial charge < -0.3 is 20.1 Å². The first-order chi connectivity index (χ1) is 22.7. The number of ketones is 5. The number of carbonyl (C=O) groups excluding carboxylic acids is 9. The number of hydrogen-bond acceptors (Lipinski definition) is 11. The first kappa shape index (κ1) is 35.5. The molecule has 0 bridgehead atoms. The lowest BCUT2D eigenvalue weighted by atomic mass is 9.96. The number of hydrogen-bond donors (Lipinski definition) is 2. The first-order valence-corrected chi connectivity index (χ1v) is 15.5. The van der Waals surface area contributed by atoms with Crippen molar-refractivity contribution in [1.82, 2.24) is 10.6 Å². The average Bonchev–Trinajstić information content (AvgIpc) is 3.50. The normalized spacial score (nSPS) is 19.0. The molecule has 13 heteroatoms. The van der Waals surface area contributed by atoms with Gasteiger partial charge in [-0.15, -0.1) is 0 Å². The maximum atomic E-state index is 13.5. The summed E-state index contributed by atoms with van der Waals surface area (Å²) in [7, 11) is 2.31. The van der Waals surface area contributed by atoms with Gasteiger partial charge in [0.15, 0.2) is 40.8 Å². The molecule has 2 aliphatic carbocycles. The predicted molar refractivity (Wildman–Crippen MR) is 167 cm³/mol. The van der Waals surface area contributed by atoms with Crippen LogP contribution in [0, 0.1) is 23.7 Å². The van der Waals surface area contributed by atoms with Gasteiger partial charge in [-0.25, -0.2) is 9.59 Å². The Balaban J connectivity index is 1.56. The van der Waals surface area contributed by atoms with E-state index in [1.807, 2.05) is 0 Å². The standard InChI is InChI=1S/C35H36N2O11/c1-7-15(3)25(34(45)47-5)36-32(43)23-28(39)19-11-9-17(13-21(19)30(23)41)27(38)18-10-12-20-22(14-18)31(42)24(29(20)40)33(44)37-26(16(4)8-2)35(46)48-6/h9-16,23-26H,7-8H2,1-6H3,(H,36,43)(H,37,44)/t15-,16-,23?,24?,25-,26-/m0/s1. The Labute approximate surface area is 276 Å². The van der Waals surface area contributed by atoms with E-state index in [2.05, 4.69) is 10.6 Å². The fourth-order valence-corrected chi connectivity index (χ4v) is 5.78. The van der Waals surface area contributed by atoms with Crippen LogP contribution in [-0.2, 0) is 28.7 Å². The lowest BCUT2D eigenvalue weighted by Crippen LogP contribution is -2.49. The average molecular weight is 661 g/mol. The van der Waals surface area contributed by atoms with Crippen molar-refractivity contribution in [3.8, 4) is 0 Å². The highest BCUT2D eigenvalue weighted by molar-refractivity contribution is 6.37. The first-order valence-electron chi connectivity index (χ1n) is 15.5. The largest absolute Gasteiger partial charge is 0.467 e. The van der Waals surface area contributed by atoms with Crippen LogP contribution in [0.5, 0.6) is 0 Å². The third kappa shape index (κ3) is 6.32. The van der Waals surface area contributed by atoms with E-state index in [1.165, 1.54) is 36.4 Å². The van der Waals surface area contributed by atoms with E-state index in [0.717, 1.165) is 14.2 Å². The Morgan fingerprint density at radius 3 is 1.25 bits per heavy atom. The minimum Gasteiger partial charge on any atom is -0.467 e. The summed E-state index contributed by atoms with van der Waals surface area (Å²) in [5, 5.41) is 4.91. The van der Waals surface area contributed by atoms with Gasteiger partial charge in [-0.2, -0.15) is 0 Å². The molecule has 2 amide bonds. The number of benzene rings is 2. The molecular weight excluding hydrogens is 624 g/mol. The molecule has 0 heterocycles. The molecule has 0 saturated heterocycles. The Hall–Kier alpha value is -5.33. The molecule has 13 nitrogen and oxygen atoms in total. The minimum atomic E-state index is -1.76. The lowest BCUT2D eigenvalue weighted by molar-refractivity contribution is -0.147. The Morgan fingerprint density at radius 1 is 0.604 bits per heavy atom. The maximum absolute atomic E-state index is 13.5. The molecule has 2 aromatic rings. The monoisotopic (exact) mass is 660 g/mol. The van der Waals surface area contributed by atoms with Crippen LogP contribution in [0.15, 0.2) is 36.4 Å². The van der Waals surface area contributed by atoms with Gasteiger partial charge in [0.05, 0.1) is 14.2 Å². The SMILES string of the molecule is CC[C@H](C)[C@H](NC(=O)C1C(=O)c2ccc(C(=O)c3ccc4c(c3)C(=O)C(C(=O)N[C@H](C(=O)OC)[C@@H](C)CC)C4=O)cc2C1=O)C(=O)OC. The summed E-state index contributed by atoms with van der Waals surface area (Å²) in [6.45, 7) is 7.01. The third-order valence-electron chi connectivity index (χ3n) is 9.13. The number of rotatable bonds is 12. The topological polar surface area (TPSA) is 196 Å². The van der Waals surface area contributed by atoms with Crippen molar-refractivity contribution in [2.45, 2.75) is 52.6 Å². The number of carbonyl (C=O) groups is 9. The maximum Gasteiger partial charge on any atom is 0.328 e. The number of amides is 2. The van der Waals surface area contributed by atoms with Crippen LogP contribution < -0.4 is 10.6 Å². The van der Waals surface area contributed by atoms with Crippen molar-refractivity contribution in [2.75, 3.05) is 14.2 Å². The summed E-state index contributed by atoms with van der Waals surface area (Å²) in [6, 6.07) is 5.28. The number of methoxy groups -OCH3 is 2. The molecule has 0 radical (unpaired) electrons. The molecule has 2 aliphatic rings. The summed E-state index contributed by atoms with van der Waals surface area (Å²) in [4.78, 5) is 117. The Bertz CT molecular complexity index is 1630. The van der Waals surface area contributed by atoms with E-state index in [-0.39, 0.29) is 45.2 Å². The Kier molecular flexibility index (Phi) is 10.5. The van der Waals surface area contributed by atoms with E-state index < -0.39 is 76.6 Å². The molecule has 2 aromatic carbocycles. The molecular formula is C35H36N2O11. The fraction of sp³-hybridized carbons (Fsp3) is 0.400. The van der Waals surface area contributed by atoms with Gasteiger partial charge in [0, 0.05) is 33.4 Å². The van der Waals surface area contributed by atoms with Crippen LogP contribution in [0.25, 0.3) is 0 Å². The van der Waals surface area contributed by atoms with Gasteiger partial charge in [0.25, 0.3) is 0 Å². The quantitative estimate of drug-likeness (QED) is 0.193. The molecule has 0 saturated carbocycles. The number of fused-ring (bicyclic) bond motifs is 2. The van der Waals surface area contributed by atoms with Crippen molar-refractivity contribution in [1.29, 1.82) is 0 Å². The zero-order chi connectivity index (χ0) is 35.6. The highest BCUT2D eigenvalue weighted by Gasteiger charge is 2.47. The molecule has 2 N–H and O–H groups in total. The van der Waals surface area contributed by atoms with Crippen molar-refractivity contribution < 1.29 is 52.6 Å². The summed E-state index contributed by atoms with van der Waals surface area (Å²) in [5.74, 6) is -11.5. The van der Waals surface area contributed by atoms with Gasteiger partial charge in [0.1, 0.15) is 12.1 Å². The van der Waals surface area contributed by atoms with Crippen molar-refractivity contribution in [3.63, 3.8) is 0 Å². The van der Waals surface area contributed by atoms with E-state index in [0.29, 0.717) is 12.8 Å². The fourth-order valence-electron chi connectivity index (χ4n) is 5.78. The number of nitrogens with one attached hydrogen (secondary N) is 2. The van der Waals surface area contributed by atoms with Crippen molar-refractivity contribution in [2.24, 2.45) is 23.7 Å². The second-order valence-corrected chi connectivity index (χ2v) is 12.0. The van der Waals surface area contributed by atoms with Gasteiger partial charge in [-0.3, -0.25) is 33.6 Å². The van der Waals surface area contributed by atoms with Gasteiger partial charge in [0.2, 0.25) is 11.8 Å². The van der Waals surface area contributed by atoms with Crippen LogP contribution >= 0.6 is 0 Å². The molecule has 2 unspecified atom stereocenters. The number of Topliss-reactive ketones (excluding diaryl/α,β-unsaturated/α-hetero) is 4. The smallest absolute Gasteiger partial charge is 0.328 e. The molecule has 0 fully saturated rings. The molecule has 48 heavy (non-hydrogen) atoms. The molecule has 4 rings (SSSR count). The molecule has 252 valence electrons. The van der Waals surface area contributed by atoms with E-state index in [1.54, 1.807) is 27.7 Å². The van der Waals surface area contributed by atoms with Gasteiger partial charge >= 0.3 is 11.9 Å². The highest BCUT2D eigenvalue weighted by Crippen LogP contribution is 2.32. The zero-order valence-corrected chi connectivity index (χ0v) is 27.3. The number of esters is 2. The minimum absolute atomic E-state index is 0.0384. The summed E-state index contributed by atoms with van der Waals surface area (Å²) >= 11 is 0. The second-order valence-electron chi connectivity index (χ2n) is 12.0. The lowest BCUT2D eigenvalue weighted by Gasteiger charge is -2.22. The highest BCUT2D eigenvalue weighted by atomic mass is 16.5. The molecule has 0 aliphatic heterocycles. The van der Waals surface area contributed by atoms with E-state index >= 15 is 0 Å². The number of ether oxygens (including phenoxy) is 2. The van der Waals surface area contributed by atoms with Gasteiger partial charge in [-0.05, 0) is 36.1 Å². The summed E-state index contributed by atoms with van der Waals surface area (Å²) in [5.41, 5.74) is -0.529. The van der Waals surface area contributed by atoms with Gasteiger partial charge in [-0.1, -0.05) is 52.7 Å². The van der Waals surface area contributed by atoms with E-state index in [9.17, 15) is 43.2 Å². The van der Waals surface area contributed by atoms with Crippen LogP contribution in [-0.4, -0.2) is 79.0 Å². The van der Waals surface area contributed by atoms with E-state index in [4.69, 9.17) is 9.47 Å². The zero-order valence-electron chi connectivity index (χ0n) is 27.3. The summed E-state index contributed by atoms with van der Waals surface area (Å²) in [6.07, 6.45) is 1.01. The Morgan fingerprint density at radius 2 is 0.938 bits per heavy atom. The predicted octanol–water partition coefficient (Wildman–Crippen LogP) is 2.32. The van der Waals surface area contributed by atoms with Crippen LogP contribution in [0.1, 0.15) is 97.9 Å². The second kappa shape index (κ2) is 14.2. The molecule has 0 spiro atoms. The third-order valence-corrected chi connectivity index (χ3v) is 9.13. The molecule has 0 aromatic heterocycles. The van der Waals surface area contributed by atoms with Crippen LogP contribution in [0.2, 0.25) is 0 Å². The summed E-state index contributed by atoms with van der Waals surface area (Å²) < 4.78 is 9.52. The van der Waals surface area contributed by atoms with Crippen molar-refractivity contribution in [3.05, 3.63) is 69.8 Å². The van der Waals surface area contributed by atoms with Crippen molar-refractivity contribution >= 4 is 52.7 Å².